The Bertz CT molecular complexity index is 109. The first-order valence-corrected chi connectivity index (χ1v) is 7.37. The molecular weight excluding hydrogens is 190 g/mol. The highest BCUT2D eigenvalue weighted by Crippen LogP contribution is 2.15. The van der Waals surface area contributed by atoms with E-state index in [1.807, 2.05) is 11.8 Å². The van der Waals surface area contributed by atoms with Crippen molar-refractivity contribution in [3.8, 4) is 0 Å². The highest BCUT2D eigenvalue weighted by atomic mass is 32.2. The second-order valence-electron chi connectivity index (χ2n) is 4.11. The molecule has 0 aromatic carbocycles. The minimum atomic E-state index is 0.738. The minimum absolute atomic E-state index is 0.738. The summed E-state index contributed by atoms with van der Waals surface area (Å²) in [6.45, 7) is 8.08. The molecule has 0 aliphatic rings. The van der Waals surface area contributed by atoms with E-state index in [0.717, 1.165) is 12.0 Å². The molecule has 0 fully saturated rings. The van der Waals surface area contributed by atoms with Crippen LogP contribution in [0.4, 0.5) is 0 Å². The SMILES string of the molecule is CCCNC(CCSC)C(C)CCC. The normalized spacial score (nSPS) is 15.4. The van der Waals surface area contributed by atoms with E-state index in [4.69, 9.17) is 0 Å². The zero-order valence-corrected chi connectivity index (χ0v) is 11.1. The average molecular weight is 217 g/mol. The monoisotopic (exact) mass is 217 g/mol. The van der Waals surface area contributed by atoms with Gasteiger partial charge in [-0.3, -0.25) is 0 Å². The van der Waals surface area contributed by atoms with E-state index < -0.39 is 0 Å². The zero-order valence-electron chi connectivity index (χ0n) is 10.3. The van der Waals surface area contributed by atoms with Gasteiger partial charge in [-0.15, -0.1) is 0 Å². The van der Waals surface area contributed by atoms with Crippen LogP contribution >= 0.6 is 11.8 Å². The maximum absolute atomic E-state index is 3.68. The molecule has 86 valence electrons. The van der Waals surface area contributed by atoms with Crippen molar-refractivity contribution in [2.24, 2.45) is 5.92 Å². The Morgan fingerprint density at radius 3 is 2.36 bits per heavy atom. The highest BCUT2D eigenvalue weighted by Gasteiger charge is 2.14. The summed E-state index contributed by atoms with van der Waals surface area (Å²) in [5.74, 6) is 2.12. The van der Waals surface area contributed by atoms with Crippen molar-refractivity contribution in [3.05, 3.63) is 0 Å². The van der Waals surface area contributed by atoms with E-state index in [1.54, 1.807) is 0 Å². The summed E-state index contributed by atoms with van der Waals surface area (Å²) >= 11 is 1.96. The molecule has 0 aromatic heterocycles. The Kier molecular flexibility index (Phi) is 10.1. The molecule has 0 bridgehead atoms. The first-order valence-electron chi connectivity index (χ1n) is 5.98. The molecule has 0 saturated heterocycles. The molecule has 0 heterocycles. The largest absolute Gasteiger partial charge is 0.314 e. The van der Waals surface area contributed by atoms with E-state index in [2.05, 4.69) is 32.3 Å². The molecule has 2 unspecified atom stereocenters. The van der Waals surface area contributed by atoms with Crippen molar-refractivity contribution in [2.45, 2.75) is 52.5 Å². The van der Waals surface area contributed by atoms with Crippen LogP contribution in [0.15, 0.2) is 0 Å². The first-order chi connectivity index (χ1) is 6.76. The summed E-state index contributed by atoms with van der Waals surface area (Å²) in [5.41, 5.74) is 0. The van der Waals surface area contributed by atoms with Gasteiger partial charge in [-0.2, -0.15) is 11.8 Å². The molecule has 0 aromatic rings. The smallest absolute Gasteiger partial charge is 0.0100 e. The van der Waals surface area contributed by atoms with Gasteiger partial charge in [0.15, 0.2) is 0 Å². The molecule has 2 heteroatoms. The van der Waals surface area contributed by atoms with Crippen molar-refractivity contribution in [1.29, 1.82) is 0 Å². The predicted molar refractivity (Wildman–Crippen MR) is 69.2 cm³/mol. The van der Waals surface area contributed by atoms with E-state index in [-0.39, 0.29) is 0 Å². The number of rotatable bonds is 9. The van der Waals surface area contributed by atoms with Crippen LogP contribution in [0.2, 0.25) is 0 Å². The zero-order chi connectivity index (χ0) is 10.8. The summed E-state index contributed by atoms with van der Waals surface area (Å²) in [4.78, 5) is 0. The topological polar surface area (TPSA) is 12.0 Å². The van der Waals surface area contributed by atoms with Gasteiger partial charge in [0.1, 0.15) is 0 Å². The van der Waals surface area contributed by atoms with Crippen LogP contribution in [0.5, 0.6) is 0 Å². The van der Waals surface area contributed by atoms with Crippen molar-refractivity contribution >= 4 is 11.8 Å². The fourth-order valence-electron chi connectivity index (χ4n) is 1.82. The van der Waals surface area contributed by atoms with Crippen molar-refractivity contribution in [2.75, 3.05) is 18.6 Å². The summed E-state index contributed by atoms with van der Waals surface area (Å²) in [6, 6.07) is 0.738. The molecular formula is C12H27NS. The molecule has 0 rings (SSSR count). The third-order valence-corrected chi connectivity index (χ3v) is 3.36. The van der Waals surface area contributed by atoms with Gasteiger partial charge in [0.2, 0.25) is 0 Å². The maximum atomic E-state index is 3.68. The van der Waals surface area contributed by atoms with Gasteiger partial charge < -0.3 is 5.32 Å². The predicted octanol–water partition coefficient (Wildman–Crippen LogP) is 3.54. The Balaban J connectivity index is 3.81. The van der Waals surface area contributed by atoms with Gasteiger partial charge in [0.05, 0.1) is 0 Å². The van der Waals surface area contributed by atoms with E-state index in [0.29, 0.717) is 0 Å². The van der Waals surface area contributed by atoms with Gasteiger partial charge in [0, 0.05) is 6.04 Å². The Morgan fingerprint density at radius 2 is 1.86 bits per heavy atom. The number of hydrogen-bond acceptors (Lipinski definition) is 2. The molecule has 14 heavy (non-hydrogen) atoms. The summed E-state index contributed by atoms with van der Waals surface area (Å²) in [6.07, 6.45) is 7.43. The van der Waals surface area contributed by atoms with Gasteiger partial charge in [-0.1, -0.05) is 27.2 Å². The van der Waals surface area contributed by atoms with Crippen LogP contribution in [0, 0.1) is 5.92 Å². The van der Waals surface area contributed by atoms with Crippen LogP contribution in [-0.4, -0.2) is 24.6 Å². The van der Waals surface area contributed by atoms with Crippen LogP contribution < -0.4 is 5.32 Å². The Morgan fingerprint density at radius 1 is 1.14 bits per heavy atom. The Labute approximate surface area is 94.4 Å². The lowest BCUT2D eigenvalue weighted by molar-refractivity contribution is 0.348. The molecule has 0 spiro atoms. The maximum Gasteiger partial charge on any atom is 0.0100 e. The van der Waals surface area contributed by atoms with Crippen LogP contribution in [0.3, 0.4) is 0 Å². The number of nitrogens with one attached hydrogen (secondary N) is 1. The van der Waals surface area contributed by atoms with E-state index in [1.165, 1.54) is 38.0 Å². The second kappa shape index (κ2) is 9.85. The van der Waals surface area contributed by atoms with E-state index in [9.17, 15) is 0 Å². The number of thioether (sulfide) groups is 1. The summed E-state index contributed by atoms with van der Waals surface area (Å²) < 4.78 is 0. The Hall–Kier alpha value is 0.310. The lowest BCUT2D eigenvalue weighted by Gasteiger charge is -2.24. The molecule has 0 aliphatic heterocycles. The highest BCUT2D eigenvalue weighted by molar-refractivity contribution is 7.98. The van der Waals surface area contributed by atoms with Gasteiger partial charge in [-0.25, -0.2) is 0 Å². The standard InChI is InChI=1S/C12H27NS/c1-5-7-11(3)12(8-10-14-4)13-9-6-2/h11-13H,5-10H2,1-4H3. The van der Waals surface area contributed by atoms with Gasteiger partial charge in [0.25, 0.3) is 0 Å². The van der Waals surface area contributed by atoms with Crippen LogP contribution in [0.1, 0.15) is 46.5 Å². The molecule has 1 nitrogen and oxygen atoms in total. The van der Waals surface area contributed by atoms with Gasteiger partial charge >= 0.3 is 0 Å². The van der Waals surface area contributed by atoms with E-state index >= 15 is 0 Å². The fraction of sp³-hybridized carbons (Fsp3) is 1.00. The molecule has 0 amide bonds. The quantitative estimate of drug-likeness (QED) is 0.634. The second-order valence-corrected chi connectivity index (χ2v) is 5.09. The first kappa shape index (κ1) is 14.3. The van der Waals surface area contributed by atoms with Crippen molar-refractivity contribution < 1.29 is 0 Å². The third-order valence-electron chi connectivity index (χ3n) is 2.72. The molecule has 0 radical (unpaired) electrons. The lowest BCUT2D eigenvalue weighted by atomic mass is 9.95. The summed E-state index contributed by atoms with van der Waals surface area (Å²) in [5, 5.41) is 3.68. The molecule has 0 aliphatic carbocycles. The average Bonchev–Trinajstić information content (AvgIpc) is 2.18. The third kappa shape index (κ3) is 6.72. The number of hydrogen-bond donors (Lipinski definition) is 1. The van der Waals surface area contributed by atoms with Crippen molar-refractivity contribution in [1.82, 2.24) is 5.32 Å². The van der Waals surface area contributed by atoms with Crippen molar-refractivity contribution in [3.63, 3.8) is 0 Å². The molecule has 2 atom stereocenters. The molecule has 0 saturated carbocycles. The lowest BCUT2D eigenvalue weighted by Crippen LogP contribution is -2.36. The fourth-order valence-corrected chi connectivity index (χ4v) is 2.31. The minimum Gasteiger partial charge on any atom is -0.314 e. The van der Waals surface area contributed by atoms with Gasteiger partial charge in [-0.05, 0) is 43.7 Å². The summed E-state index contributed by atoms with van der Waals surface area (Å²) in [7, 11) is 0. The molecule has 1 N–H and O–H groups in total. The van der Waals surface area contributed by atoms with Crippen LogP contribution in [-0.2, 0) is 0 Å². The van der Waals surface area contributed by atoms with Crippen LogP contribution in [0.25, 0.3) is 0 Å².